The fourth-order valence-corrected chi connectivity index (χ4v) is 4.17. The second-order valence-corrected chi connectivity index (χ2v) is 8.11. The van der Waals surface area contributed by atoms with Crippen molar-refractivity contribution < 1.29 is 19.0 Å². The number of imidazole rings is 1. The molecule has 4 heterocycles. The van der Waals surface area contributed by atoms with E-state index in [1.165, 1.54) is 0 Å². The third-order valence-electron chi connectivity index (χ3n) is 5.90. The van der Waals surface area contributed by atoms with Gasteiger partial charge in [0, 0.05) is 37.6 Å². The molecule has 33 heavy (non-hydrogen) atoms. The number of rotatable bonds is 8. The van der Waals surface area contributed by atoms with Crippen LogP contribution in [0.15, 0.2) is 30.9 Å². The van der Waals surface area contributed by atoms with Crippen molar-refractivity contribution in [2.24, 2.45) is 0 Å². The summed E-state index contributed by atoms with van der Waals surface area (Å²) in [5, 5.41) is 3.37. The monoisotopic (exact) mass is 453 g/mol. The molecular formula is C22H27N7O4. The maximum absolute atomic E-state index is 10.4. The van der Waals surface area contributed by atoms with Crippen molar-refractivity contribution in [3.63, 3.8) is 0 Å². The number of ether oxygens (including phenoxy) is 3. The van der Waals surface area contributed by atoms with Gasteiger partial charge in [-0.15, -0.1) is 0 Å². The highest BCUT2D eigenvalue weighted by Crippen LogP contribution is 2.27. The normalized spacial score (nSPS) is 21.0. The van der Waals surface area contributed by atoms with E-state index in [-0.39, 0.29) is 18.8 Å². The van der Waals surface area contributed by atoms with Crippen LogP contribution in [0.5, 0.6) is 11.8 Å². The lowest BCUT2D eigenvalue weighted by Gasteiger charge is -2.30. The van der Waals surface area contributed by atoms with E-state index in [9.17, 15) is 4.79 Å². The summed E-state index contributed by atoms with van der Waals surface area (Å²) < 4.78 is 18.9. The van der Waals surface area contributed by atoms with Crippen LogP contribution in [0.1, 0.15) is 25.7 Å². The molecule has 0 unspecified atom stereocenters. The summed E-state index contributed by atoms with van der Waals surface area (Å²) in [5.41, 5.74) is 0.828. The van der Waals surface area contributed by atoms with Crippen LogP contribution in [-0.4, -0.2) is 75.7 Å². The Labute approximate surface area is 191 Å². The van der Waals surface area contributed by atoms with Crippen molar-refractivity contribution in [1.29, 1.82) is 0 Å². The number of hydrogen-bond donors (Lipinski definition) is 1. The van der Waals surface area contributed by atoms with Gasteiger partial charge in [0.05, 0.1) is 25.6 Å². The molecule has 1 aliphatic carbocycles. The SMILES string of the molecule is O=CCOc1cnc(NC2CCC(Oc3nc(N4CCOCC4)cc4nccn34)CC2)nc1. The van der Waals surface area contributed by atoms with Crippen LogP contribution in [0.25, 0.3) is 5.65 Å². The number of fused-ring (bicyclic) bond motifs is 1. The van der Waals surface area contributed by atoms with Crippen LogP contribution in [0, 0.1) is 0 Å². The molecule has 0 aromatic carbocycles. The molecule has 11 nitrogen and oxygen atoms in total. The first kappa shape index (κ1) is 21.4. The van der Waals surface area contributed by atoms with Crippen LogP contribution >= 0.6 is 0 Å². The van der Waals surface area contributed by atoms with Gasteiger partial charge in [-0.25, -0.2) is 15.0 Å². The molecule has 0 atom stereocenters. The molecule has 1 saturated carbocycles. The minimum Gasteiger partial charge on any atom is -0.483 e. The number of morpholine rings is 1. The minimum absolute atomic E-state index is 0.00423. The summed E-state index contributed by atoms with van der Waals surface area (Å²) in [7, 11) is 0. The molecule has 0 bridgehead atoms. The van der Waals surface area contributed by atoms with Crippen LogP contribution in [0.4, 0.5) is 11.8 Å². The smallest absolute Gasteiger partial charge is 0.304 e. The van der Waals surface area contributed by atoms with Crippen LogP contribution < -0.4 is 19.7 Å². The molecule has 174 valence electrons. The van der Waals surface area contributed by atoms with Gasteiger partial charge in [0.15, 0.2) is 12.0 Å². The standard InChI is InChI=1S/C22H27N7O4/c30-9-12-32-18-14-24-21(25-15-18)26-16-1-3-17(4-2-16)33-22-27-20(28-7-10-31-11-8-28)13-19-23-5-6-29(19)22/h5-6,9,13-17H,1-4,7-8,10-12H2,(H,24,25,26). The van der Waals surface area contributed by atoms with Gasteiger partial charge in [-0.05, 0) is 25.7 Å². The van der Waals surface area contributed by atoms with Gasteiger partial charge in [0.1, 0.15) is 24.2 Å². The number of nitrogens with zero attached hydrogens (tertiary/aromatic N) is 6. The van der Waals surface area contributed by atoms with Gasteiger partial charge in [-0.3, -0.25) is 9.20 Å². The molecule has 1 aliphatic heterocycles. The predicted molar refractivity (Wildman–Crippen MR) is 120 cm³/mol. The fraction of sp³-hybridized carbons (Fsp3) is 0.500. The summed E-state index contributed by atoms with van der Waals surface area (Å²) in [5.74, 6) is 1.90. The third-order valence-corrected chi connectivity index (χ3v) is 5.90. The van der Waals surface area contributed by atoms with Crippen molar-refractivity contribution in [2.75, 3.05) is 43.1 Å². The highest BCUT2D eigenvalue weighted by atomic mass is 16.5. The lowest BCUT2D eigenvalue weighted by atomic mass is 9.93. The molecule has 0 spiro atoms. The molecule has 1 N–H and O–H groups in total. The number of anilines is 2. The Morgan fingerprint density at radius 1 is 1.12 bits per heavy atom. The van der Waals surface area contributed by atoms with E-state index in [1.54, 1.807) is 18.6 Å². The maximum Gasteiger partial charge on any atom is 0.304 e. The number of carbonyl (C=O) groups excluding carboxylic acids is 1. The molecule has 0 amide bonds. The van der Waals surface area contributed by atoms with E-state index in [2.05, 4.69) is 25.2 Å². The van der Waals surface area contributed by atoms with E-state index in [0.29, 0.717) is 37.2 Å². The summed E-state index contributed by atoms with van der Waals surface area (Å²) in [4.78, 5) is 30.4. The summed E-state index contributed by atoms with van der Waals surface area (Å²) >= 11 is 0. The van der Waals surface area contributed by atoms with Crippen LogP contribution in [0.3, 0.4) is 0 Å². The average Bonchev–Trinajstić information content (AvgIpc) is 3.35. The van der Waals surface area contributed by atoms with Crippen molar-refractivity contribution >= 4 is 23.7 Å². The lowest BCUT2D eigenvalue weighted by molar-refractivity contribution is -0.109. The highest BCUT2D eigenvalue weighted by Gasteiger charge is 2.25. The zero-order valence-corrected chi connectivity index (χ0v) is 18.3. The molecule has 2 aliphatic rings. The van der Waals surface area contributed by atoms with Gasteiger partial charge in [0.25, 0.3) is 0 Å². The van der Waals surface area contributed by atoms with Gasteiger partial charge < -0.3 is 24.4 Å². The van der Waals surface area contributed by atoms with Gasteiger partial charge in [-0.1, -0.05) is 0 Å². The van der Waals surface area contributed by atoms with Crippen LogP contribution in [0.2, 0.25) is 0 Å². The molecule has 2 fully saturated rings. The molecule has 1 saturated heterocycles. The Hall–Kier alpha value is -3.47. The van der Waals surface area contributed by atoms with Gasteiger partial charge >= 0.3 is 6.01 Å². The predicted octanol–water partition coefficient (Wildman–Crippen LogP) is 1.74. The van der Waals surface area contributed by atoms with Gasteiger partial charge in [0.2, 0.25) is 5.95 Å². The van der Waals surface area contributed by atoms with Gasteiger partial charge in [-0.2, -0.15) is 4.98 Å². The minimum atomic E-state index is -0.00423. The number of hydrogen-bond acceptors (Lipinski definition) is 10. The Bertz CT molecular complexity index is 1060. The zero-order chi connectivity index (χ0) is 22.5. The highest BCUT2D eigenvalue weighted by molar-refractivity contribution is 5.53. The zero-order valence-electron chi connectivity index (χ0n) is 18.3. The largest absolute Gasteiger partial charge is 0.483 e. The molecule has 3 aromatic heterocycles. The Morgan fingerprint density at radius 2 is 1.91 bits per heavy atom. The first-order chi connectivity index (χ1) is 16.3. The van der Waals surface area contributed by atoms with Crippen molar-refractivity contribution in [1.82, 2.24) is 24.3 Å². The second-order valence-electron chi connectivity index (χ2n) is 8.11. The number of aromatic nitrogens is 5. The summed E-state index contributed by atoms with van der Waals surface area (Å²) in [6.45, 7) is 3.02. The van der Waals surface area contributed by atoms with E-state index in [0.717, 1.165) is 50.2 Å². The summed E-state index contributed by atoms with van der Waals surface area (Å²) in [6, 6.07) is 2.85. The quantitative estimate of drug-likeness (QED) is 0.506. The molecule has 11 heteroatoms. The van der Waals surface area contributed by atoms with Crippen molar-refractivity contribution in [2.45, 2.75) is 37.8 Å². The third kappa shape index (κ3) is 5.14. The number of nitrogens with one attached hydrogen (secondary N) is 1. The van der Waals surface area contributed by atoms with E-state index in [4.69, 9.17) is 19.2 Å². The Balaban J connectivity index is 1.19. The van der Waals surface area contributed by atoms with E-state index >= 15 is 0 Å². The topological polar surface area (TPSA) is 116 Å². The Morgan fingerprint density at radius 3 is 2.67 bits per heavy atom. The lowest BCUT2D eigenvalue weighted by Crippen LogP contribution is -2.37. The molecule has 3 aromatic rings. The van der Waals surface area contributed by atoms with Crippen molar-refractivity contribution in [3.05, 3.63) is 30.9 Å². The maximum atomic E-state index is 10.4. The van der Waals surface area contributed by atoms with Crippen molar-refractivity contribution in [3.8, 4) is 11.8 Å². The summed E-state index contributed by atoms with van der Waals surface area (Å²) in [6.07, 6.45) is 11.2. The first-order valence-electron chi connectivity index (χ1n) is 11.3. The number of aldehydes is 1. The molecular weight excluding hydrogens is 426 g/mol. The first-order valence-corrected chi connectivity index (χ1v) is 11.3. The molecule has 0 radical (unpaired) electrons. The van der Waals surface area contributed by atoms with E-state index < -0.39 is 0 Å². The average molecular weight is 454 g/mol. The fourth-order valence-electron chi connectivity index (χ4n) is 4.17. The molecule has 5 rings (SSSR count). The number of carbonyl (C=O) groups is 1. The Kier molecular flexibility index (Phi) is 6.47. The second kappa shape index (κ2) is 9.99. The van der Waals surface area contributed by atoms with E-state index in [1.807, 2.05) is 16.7 Å². The van der Waals surface area contributed by atoms with Crippen LogP contribution in [-0.2, 0) is 9.53 Å².